The van der Waals surface area contributed by atoms with Crippen LogP contribution in [-0.2, 0) is 28.7 Å². The van der Waals surface area contributed by atoms with Crippen LogP contribution < -0.4 is 5.32 Å². The molecule has 1 aromatic carbocycles. The summed E-state index contributed by atoms with van der Waals surface area (Å²) in [5.74, 6) is -0.0442. The second-order valence-electron chi connectivity index (χ2n) is 5.83. The van der Waals surface area contributed by atoms with Gasteiger partial charge in [-0.15, -0.1) is 6.58 Å². The lowest BCUT2D eigenvalue weighted by Gasteiger charge is -2.11. The zero-order valence-corrected chi connectivity index (χ0v) is 13.8. The molecule has 0 bridgehead atoms. The van der Waals surface area contributed by atoms with Gasteiger partial charge in [-0.25, -0.2) is 13.4 Å². The number of nitrogens with zero attached hydrogens (tertiary/aromatic N) is 2. The molecule has 122 valence electrons. The molecular formula is C17H21N3O2S. The highest BCUT2D eigenvalue weighted by Gasteiger charge is 2.25. The minimum atomic E-state index is -3.49. The number of aromatic nitrogens is 2. The van der Waals surface area contributed by atoms with E-state index in [1.165, 1.54) is 12.8 Å². The first kappa shape index (κ1) is 16.0. The van der Waals surface area contributed by atoms with Crippen LogP contribution in [0.1, 0.15) is 24.1 Å². The van der Waals surface area contributed by atoms with E-state index in [0.717, 1.165) is 11.3 Å². The Bertz CT molecular complexity index is 777. The van der Waals surface area contributed by atoms with Crippen molar-refractivity contribution in [3.63, 3.8) is 0 Å². The molecule has 1 N–H and O–H groups in total. The first-order valence-corrected chi connectivity index (χ1v) is 9.41. The van der Waals surface area contributed by atoms with E-state index in [1.807, 2.05) is 30.3 Å². The maximum Gasteiger partial charge on any atom is 0.228 e. The standard InChI is InChI=1S/C17H21N3O2S/c1-2-10-20-16(11-18-15-8-9-15)12-19-17(20)23(21,22)13-14-6-4-3-5-7-14/h2-7,12,15,18H,1,8-11,13H2. The van der Waals surface area contributed by atoms with Gasteiger partial charge in [0.1, 0.15) is 0 Å². The SMILES string of the molecule is C=CCn1c(CNC2CC2)cnc1S(=O)(=O)Cc1ccccc1. The third-order valence-electron chi connectivity index (χ3n) is 3.84. The Kier molecular flexibility index (Phi) is 4.63. The summed E-state index contributed by atoms with van der Waals surface area (Å²) in [4.78, 5) is 4.19. The van der Waals surface area contributed by atoms with Crippen LogP contribution in [0.3, 0.4) is 0 Å². The molecule has 2 aromatic rings. The Balaban J connectivity index is 1.86. The summed E-state index contributed by atoms with van der Waals surface area (Å²) in [5, 5.41) is 3.52. The van der Waals surface area contributed by atoms with E-state index in [0.29, 0.717) is 19.1 Å². The van der Waals surface area contributed by atoms with Crippen LogP contribution in [0.5, 0.6) is 0 Å². The highest BCUT2D eigenvalue weighted by Crippen LogP contribution is 2.21. The highest BCUT2D eigenvalue weighted by molar-refractivity contribution is 7.90. The van der Waals surface area contributed by atoms with Crippen LogP contribution in [0.4, 0.5) is 0 Å². The van der Waals surface area contributed by atoms with E-state index >= 15 is 0 Å². The van der Waals surface area contributed by atoms with Crippen molar-refractivity contribution in [3.8, 4) is 0 Å². The van der Waals surface area contributed by atoms with Crippen molar-refractivity contribution in [2.24, 2.45) is 0 Å². The van der Waals surface area contributed by atoms with E-state index in [4.69, 9.17) is 0 Å². The molecule has 0 spiro atoms. The van der Waals surface area contributed by atoms with Crippen LogP contribution in [0.25, 0.3) is 0 Å². The zero-order valence-electron chi connectivity index (χ0n) is 13.0. The van der Waals surface area contributed by atoms with Gasteiger partial charge in [-0.05, 0) is 18.4 Å². The van der Waals surface area contributed by atoms with Gasteiger partial charge in [0.05, 0.1) is 17.6 Å². The molecule has 3 rings (SSSR count). The average molecular weight is 331 g/mol. The van der Waals surface area contributed by atoms with Gasteiger partial charge in [-0.2, -0.15) is 0 Å². The molecule has 5 nitrogen and oxygen atoms in total. The molecular weight excluding hydrogens is 310 g/mol. The van der Waals surface area contributed by atoms with Crippen molar-refractivity contribution in [2.45, 2.75) is 42.9 Å². The molecule has 23 heavy (non-hydrogen) atoms. The van der Waals surface area contributed by atoms with Gasteiger partial charge in [-0.3, -0.25) is 0 Å². The van der Waals surface area contributed by atoms with Gasteiger partial charge < -0.3 is 9.88 Å². The third kappa shape index (κ3) is 3.89. The summed E-state index contributed by atoms with van der Waals surface area (Å²) in [6, 6.07) is 9.74. The number of rotatable bonds is 8. The van der Waals surface area contributed by atoms with E-state index in [1.54, 1.807) is 16.8 Å². The molecule has 0 unspecified atom stereocenters. The normalized spacial score (nSPS) is 14.8. The van der Waals surface area contributed by atoms with Crippen molar-refractivity contribution in [3.05, 3.63) is 60.4 Å². The molecule has 0 radical (unpaired) electrons. The molecule has 0 atom stereocenters. The summed E-state index contributed by atoms with van der Waals surface area (Å²) in [6.07, 6.45) is 5.73. The number of nitrogens with one attached hydrogen (secondary N) is 1. The van der Waals surface area contributed by atoms with Gasteiger partial charge in [0, 0.05) is 19.1 Å². The number of benzene rings is 1. The Morgan fingerprint density at radius 1 is 1.30 bits per heavy atom. The fourth-order valence-corrected chi connectivity index (χ4v) is 4.00. The van der Waals surface area contributed by atoms with E-state index in [9.17, 15) is 8.42 Å². The third-order valence-corrected chi connectivity index (χ3v) is 5.44. The highest BCUT2D eigenvalue weighted by atomic mass is 32.2. The van der Waals surface area contributed by atoms with Crippen LogP contribution in [0.15, 0.2) is 54.3 Å². The molecule has 1 fully saturated rings. The average Bonchev–Trinajstić information content (AvgIpc) is 3.26. The number of sulfone groups is 1. The minimum Gasteiger partial charge on any atom is -0.314 e. The number of hydrogen-bond acceptors (Lipinski definition) is 4. The van der Waals surface area contributed by atoms with Crippen LogP contribution in [0.2, 0.25) is 0 Å². The van der Waals surface area contributed by atoms with Crippen LogP contribution >= 0.6 is 0 Å². The maximum absolute atomic E-state index is 12.7. The fraction of sp³-hybridized carbons (Fsp3) is 0.353. The van der Waals surface area contributed by atoms with Crippen molar-refractivity contribution >= 4 is 9.84 Å². The molecule has 0 amide bonds. The summed E-state index contributed by atoms with van der Waals surface area (Å²) in [5.41, 5.74) is 1.64. The summed E-state index contributed by atoms with van der Waals surface area (Å²) in [6.45, 7) is 4.79. The van der Waals surface area contributed by atoms with Crippen LogP contribution in [0, 0.1) is 0 Å². The molecule has 1 aromatic heterocycles. The number of imidazole rings is 1. The largest absolute Gasteiger partial charge is 0.314 e. The smallest absolute Gasteiger partial charge is 0.228 e. The van der Waals surface area contributed by atoms with E-state index < -0.39 is 9.84 Å². The van der Waals surface area contributed by atoms with E-state index in [-0.39, 0.29) is 10.9 Å². The second-order valence-corrected chi connectivity index (χ2v) is 7.71. The summed E-state index contributed by atoms with van der Waals surface area (Å²) < 4.78 is 27.2. The summed E-state index contributed by atoms with van der Waals surface area (Å²) in [7, 11) is -3.49. The molecule has 1 saturated carbocycles. The Hall–Kier alpha value is -1.92. The number of allylic oxidation sites excluding steroid dienone is 1. The zero-order chi connectivity index (χ0) is 16.3. The number of hydrogen-bond donors (Lipinski definition) is 1. The first-order valence-electron chi connectivity index (χ1n) is 7.75. The first-order chi connectivity index (χ1) is 11.1. The van der Waals surface area contributed by atoms with Crippen molar-refractivity contribution < 1.29 is 8.42 Å². The van der Waals surface area contributed by atoms with Crippen molar-refractivity contribution in [2.75, 3.05) is 0 Å². The van der Waals surface area contributed by atoms with Crippen molar-refractivity contribution in [1.29, 1.82) is 0 Å². The predicted octanol–water partition coefficient (Wildman–Crippen LogP) is 2.30. The van der Waals surface area contributed by atoms with Gasteiger partial charge in [0.15, 0.2) is 0 Å². The van der Waals surface area contributed by atoms with Gasteiger partial charge >= 0.3 is 0 Å². The van der Waals surface area contributed by atoms with E-state index in [2.05, 4.69) is 16.9 Å². The Morgan fingerprint density at radius 3 is 2.70 bits per heavy atom. The lowest BCUT2D eigenvalue weighted by molar-refractivity contribution is 0.562. The van der Waals surface area contributed by atoms with Crippen molar-refractivity contribution in [1.82, 2.24) is 14.9 Å². The fourth-order valence-electron chi connectivity index (χ4n) is 2.50. The maximum atomic E-state index is 12.7. The van der Waals surface area contributed by atoms with Gasteiger partial charge in [-0.1, -0.05) is 36.4 Å². The quantitative estimate of drug-likeness (QED) is 0.754. The monoisotopic (exact) mass is 331 g/mol. The molecule has 1 heterocycles. The molecule has 0 aliphatic heterocycles. The topological polar surface area (TPSA) is 64.0 Å². The Morgan fingerprint density at radius 2 is 2.04 bits per heavy atom. The second kappa shape index (κ2) is 6.68. The molecule has 6 heteroatoms. The molecule has 1 aliphatic rings. The van der Waals surface area contributed by atoms with Gasteiger partial charge in [0.25, 0.3) is 0 Å². The predicted molar refractivity (Wildman–Crippen MR) is 89.6 cm³/mol. The molecule has 0 saturated heterocycles. The molecule has 1 aliphatic carbocycles. The lowest BCUT2D eigenvalue weighted by atomic mass is 10.2. The minimum absolute atomic E-state index is 0.0442. The Labute approximate surface area is 137 Å². The van der Waals surface area contributed by atoms with Gasteiger partial charge in [0.2, 0.25) is 15.0 Å². The lowest BCUT2D eigenvalue weighted by Crippen LogP contribution is -2.20. The summed E-state index contributed by atoms with van der Waals surface area (Å²) >= 11 is 0. The van der Waals surface area contributed by atoms with Crippen LogP contribution in [-0.4, -0.2) is 24.0 Å².